The molecule has 120 valence electrons. The highest BCUT2D eigenvalue weighted by Gasteiger charge is 2.40. The van der Waals surface area contributed by atoms with E-state index in [9.17, 15) is 0 Å². The number of hydrogen-bond acceptors (Lipinski definition) is 4. The molecule has 1 aromatic heterocycles. The van der Waals surface area contributed by atoms with E-state index in [0.29, 0.717) is 17.2 Å². The highest BCUT2D eigenvalue weighted by Crippen LogP contribution is 2.41. The normalized spacial score (nSPS) is 24.3. The van der Waals surface area contributed by atoms with E-state index in [1.807, 2.05) is 11.6 Å². The van der Waals surface area contributed by atoms with E-state index in [0.717, 1.165) is 31.5 Å². The number of rotatable bonds is 3. The van der Waals surface area contributed by atoms with Crippen LogP contribution in [-0.4, -0.2) is 29.2 Å². The van der Waals surface area contributed by atoms with E-state index in [4.69, 9.17) is 4.43 Å². The standard InChI is InChI=1S/C15H29N3OSSi/c1-15(2,3)21(5,6)19-12-9-7-11(8-10-12)13-16-17-14(20)18(13)4/h11-12H,7-10H2,1-6H3,(H,17,20). The van der Waals surface area contributed by atoms with Crippen molar-refractivity contribution in [1.82, 2.24) is 14.8 Å². The highest BCUT2D eigenvalue weighted by molar-refractivity contribution is 7.80. The molecule has 4 nitrogen and oxygen atoms in total. The second kappa shape index (κ2) is 6.05. The zero-order valence-corrected chi connectivity index (χ0v) is 16.1. The van der Waals surface area contributed by atoms with Gasteiger partial charge in [-0.25, -0.2) is 0 Å². The van der Waals surface area contributed by atoms with Crippen molar-refractivity contribution in [3.05, 3.63) is 5.82 Å². The van der Waals surface area contributed by atoms with Crippen LogP contribution in [0.4, 0.5) is 0 Å². The molecule has 0 unspecified atom stereocenters. The first-order chi connectivity index (χ1) is 9.62. The molecule has 0 saturated heterocycles. The van der Waals surface area contributed by atoms with Crippen molar-refractivity contribution in [1.29, 1.82) is 0 Å². The number of hydrogen-bond donors (Lipinski definition) is 1. The number of nitrogens with zero attached hydrogens (tertiary/aromatic N) is 3. The molecule has 1 aliphatic carbocycles. The summed E-state index contributed by atoms with van der Waals surface area (Å²) in [4.78, 5) is 0. The fourth-order valence-corrected chi connectivity index (χ4v) is 4.29. The lowest BCUT2D eigenvalue weighted by Gasteiger charge is -2.41. The van der Waals surface area contributed by atoms with Crippen LogP contribution < -0.4 is 0 Å². The Kier molecular flexibility index (Phi) is 4.90. The maximum Gasteiger partial charge on any atom is 0.192 e. The van der Waals surface area contributed by atoms with E-state index >= 15 is 0 Å². The van der Waals surface area contributed by atoms with E-state index in [2.05, 4.69) is 56.7 Å². The van der Waals surface area contributed by atoms with E-state index in [1.165, 1.54) is 0 Å². The second-order valence-electron chi connectivity index (χ2n) is 7.77. The fourth-order valence-electron chi connectivity index (χ4n) is 2.72. The smallest absolute Gasteiger partial charge is 0.192 e. The van der Waals surface area contributed by atoms with E-state index in [1.54, 1.807) is 0 Å². The van der Waals surface area contributed by atoms with Crippen molar-refractivity contribution >= 4 is 20.9 Å². The maximum absolute atomic E-state index is 6.54. The maximum atomic E-state index is 6.54. The molecule has 0 spiro atoms. The molecule has 0 bridgehead atoms. The summed E-state index contributed by atoms with van der Waals surface area (Å²) < 4.78 is 8.55. The summed E-state index contributed by atoms with van der Waals surface area (Å²) in [5.74, 6) is 1.58. The third kappa shape index (κ3) is 3.71. The largest absolute Gasteiger partial charge is 0.414 e. The zero-order chi connectivity index (χ0) is 15.8. The van der Waals surface area contributed by atoms with Gasteiger partial charge in [0.05, 0.1) is 0 Å². The lowest BCUT2D eigenvalue weighted by atomic mass is 9.87. The first kappa shape index (κ1) is 17.0. The van der Waals surface area contributed by atoms with Crippen molar-refractivity contribution in [2.75, 3.05) is 0 Å². The Balaban J connectivity index is 1.94. The third-order valence-electron chi connectivity index (χ3n) is 5.19. The Morgan fingerprint density at radius 1 is 1.14 bits per heavy atom. The lowest BCUT2D eigenvalue weighted by Crippen LogP contribution is -2.44. The molecule has 1 fully saturated rings. The van der Waals surface area contributed by atoms with Crippen molar-refractivity contribution in [3.63, 3.8) is 0 Å². The molecule has 0 aromatic carbocycles. The molecule has 2 rings (SSSR count). The molecule has 0 aliphatic heterocycles. The number of thiol groups is 1. The van der Waals surface area contributed by atoms with Gasteiger partial charge in [0, 0.05) is 19.1 Å². The van der Waals surface area contributed by atoms with Crippen molar-refractivity contribution in [3.8, 4) is 0 Å². The molecule has 21 heavy (non-hydrogen) atoms. The predicted molar refractivity (Wildman–Crippen MR) is 91.5 cm³/mol. The summed E-state index contributed by atoms with van der Waals surface area (Å²) in [7, 11) is 0.350. The van der Waals surface area contributed by atoms with Gasteiger partial charge < -0.3 is 8.99 Å². The van der Waals surface area contributed by atoms with Gasteiger partial charge in [-0.1, -0.05) is 20.8 Å². The molecule has 1 aliphatic rings. The van der Waals surface area contributed by atoms with Gasteiger partial charge in [-0.05, 0) is 43.8 Å². The van der Waals surface area contributed by atoms with Crippen molar-refractivity contribution in [2.45, 2.75) is 81.8 Å². The summed E-state index contributed by atoms with van der Waals surface area (Å²) in [6.07, 6.45) is 4.96. The van der Waals surface area contributed by atoms with Gasteiger partial charge in [0.25, 0.3) is 0 Å². The molecule has 1 aromatic rings. The van der Waals surface area contributed by atoms with Crippen LogP contribution >= 0.6 is 12.6 Å². The quantitative estimate of drug-likeness (QED) is 0.669. The zero-order valence-electron chi connectivity index (χ0n) is 14.2. The summed E-state index contributed by atoms with van der Waals surface area (Å²) >= 11 is 4.31. The Morgan fingerprint density at radius 2 is 1.71 bits per heavy atom. The summed E-state index contributed by atoms with van der Waals surface area (Å²) in [5, 5.41) is 9.32. The van der Waals surface area contributed by atoms with Crippen LogP contribution in [0.25, 0.3) is 0 Å². The van der Waals surface area contributed by atoms with Crippen LogP contribution in [-0.2, 0) is 11.5 Å². The molecule has 6 heteroatoms. The molecule has 0 N–H and O–H groups in total. The minimum absolute atomic E-state index is 0.286. The summed E-state index contributed by atoms with van der Waals surface area (Å²) in [5.41, 5.74) is 0. The average molecular weight is 328 g/mol. The minimum atomic E-state index is -1.65. The van der Waals surface area contributed by atoms with Crippen LogP contribution in [0.5, 0.6) is 0 Å². The van der Waals surface area contributed by atoms with E-state index < -0.39 is 8.32 Å². The van der Waals surface area contributed by atoms with Gasteiger partial charge in [0.1, 0.15) is 5.82 Å². The molecule has 0 radical (unpaired) electrons. The molecule has 0 amide bonds. The van der Waals surface area contributed by atoms with Gasteiger partial charge in [-0.3, -0.25) is 0 Å². The van der Waals surface area contributed by atoms with Crippen LogP contribution in [0.3, 0.4) is 0 Å². The van der Waals surface area contributed by atoms with Crippen LogP contribution in [0, 0.1) is 0 Å². The second-order valence-corrected chi connectivity index (χ2v) is 12.9. The summed E-state index contributed by atoms with van der Waals surface area (Å²) in [6.45, 7) is 11.6. The lowest BCUT2D eigenvalue weighted by molar-refractivity contribution is 0.128. The average Bonchev–Trinajstić information content (AvgIpc) is 2.69. The first-order valence-corrected chi connectivity index (χ1v) is 11.2. The van der Waals surface area contributed by atoms with Gasteiger partial charge >= 0.3 is 0 Å². The van der Waals surface area contributed by atoms with Gasteiger partial charge in [0.2, 0.25) is 0 Å². The minimum Gasteiger partial charge on any atom is -0.414 e. The Bertz CT molecular complexity index is 488. The summed E-state index contributed by atoms with van der Waals surface area (Å²) in [6, 6.07) is 0. The third-order valence-corrected chi connectivity index (χ3v) is 10.1. The molecule has 1 saturated carbocycles. The van der Waals surface area contributed by atoms with Crippen LogP contribution in [0.15, 0.2) is 5.16 Å². The van der Waals surface area contributed by atoms with Gasteiger partial charge in [-0.15, -0.1) is 22.8 Å². The van der Waals surface area contributed by atoms with Gasteiger partial charge in [-0.2, -0.15) is 0 Å². The predicted octanol–water partition coefficient (Wildman–Crippen LogP) is 4.15. The Morgan fingerprint density at radius 3 is 2.14 bits per heavy atom. The monoisotopic (exact) mass is 327 g/mol. The van der Waals surface area contributed by atoms with Gasteiger partial charge in [0.15, 0.2) is 13.5 Å². The molecular formula is C15H29N3OSSi. The topological polar surface area (TPSA) is 39.9 Å². The molecule has 0 atom stereocenters. The van der Waals surface area contributed by atoms with E-state index in [-0.39, 0.29) is 5.04 Å². The fraction of sp³-hybridized carbons (Fsp3) is 0.867. The van der Waals surface area contributed by atoms with Crippen LogP contribution in [0.2, 0.25) is 18.1 Å². The Labute approximate surface area is 135 Å². The van der Waals surface area contributed by atoms with Crippen molar-refractivity contribution < 1.29 is 4.43 Å². The molecule has 1 heterocycles. The number of aromatic nitrogens is 3. The molecular weight excluding hydrogens is 298 g/mol. The van der Waals surface area contributed by atoms with Crippen molar-refractivity contribution in [2.24, 2.45) is 7.05 Å². The van der Waals surface area contributed by atoms with Crippen LogP contribution in [0.1, 0.15) is 58.2 Å². The SMILES string of the molecule is Cn1c(S)nnc1C1CCC(O[Si](C)(C)C(C)(C)C)CC1. The Hall–Kier alpha value is -0.333. The first-order valence-electron chi connectivity index (χ1n) is 7.88. The highest BCUT2D eigenvalue weighted by atomic mass is 32.1.